The van der Waals surface area contributed by atoms with Gasteiger partial charge in [0.2, 0.25) is 0 Å². The van der Waals surface area contributed by atoms with Crippen molar-refractivity contribution in [3.63, 3.8) is 0 Å². The number of rotatable bonds is 2. The molecule has 5 heteroatoms. The molecule has 1 rings (SSSR count). The average Bonchev–Trinajstić information content (AvgIpc) is 2.28. The van der Waals surface area contributed by atoms with Gasteiger partial charge in [0, 0.05) is 7.05 Å². The van der Waals surface area contributed by atoms with E-state index < -0.39 is 5.24 Å². The van der Waals surface area contributed by atoms with Crippen LogP contribution in [0.2, 0.25) is 5.15 Å². The van der Waals surface area contributed by atoms with Gasteiger partial charge in [0.05, 0.1) is 11.3 Å². The highest BCUT2D eigenvalue weighted by Crippen LogP contribution is 2.26. The van der Waals surface area contributed by atoms with E-state index in [4.69, 9.17) is 23.2 Å². The Hall–Kier alpha value is -0.540. The standard InChI is InChI=1S/C8H10Cl2N2O/c1-4(2)6-5(8(10)13)7(9)12(3)11-6/h4H,1-3H3. The average molecular weight is 221 g/mol. The topological polar surface area (TPSA) is 34.9 Å². The predicted molar refractivity (Wildman–Crippen MR) is 52.5 cm³/mol. The van der Waals surface area contributed by atoms with Crippen LogP contribution in [0.3, 0.4) is 0 Å². The molecule has 1 aromatic heterocycles. The summed E-state index contributed by atoms with van der Waals surface area (Å²) in [5, 5.41) is 3.85. The molecule has 0 aliphatic carbocycles. The van der Waals surface area contributed by atoms with Gasteiger partial charge in [0.1, 0.15) is 5.15 Å². The van der Waals surface area contributed by atoms with Crippen LogP contribution < -0.4 is 0 Å². The summed E-state index contributed by atoms with van der Waals surface area (Å²) in [5.41, 5.74) is 0.966. The minimum absolute atomic E-state index is 0.136. The van der Waals surface area contributed by atoms with Crippen LogP contribution in [-0.2, 0) is 7.05 Å². The van der Waals surface area contributed by atoms with E-state index in [2.05, 4.69) is 5.10 Å². The molecule has 0 radical (unpaired) electrons. The third-order valence-corrected chi connectivity index (χ3v) is 2.37. The van der Waals surface area contributed by atoms with Crippen LogP contribution in [-0.4, -0.2) is 15.0 Å². The number of carbonyl (C=O) groups excluding carboxylic acids is 1. The highest BCUT2D eigenvalue weighted by Gasteiger charge is 2.21. The van der Waals surface area contributed by atoms with Crippen LogP contribution in [0.5, 0.6) is 0 Å². The van der Waals surface area contributed by atoms with Gasteiger partial charge < -0.3 is 0 Å². The van der Waals surface area contributed by atoms with E-state index in [-0.39, 0.29) is 5.92 Å². The lowest BCUT2D eigenvalue weighted by Gasteiger charge is -2.00. The van der Waals surface area contributed by atoms with Gasteiger partial charge in [-0.2, -0.15) is 5.10 Å². The highest BCUT2D eigenvalue weighted by atomic mass is 35.5. The monoisotopic (exact) mass is 220 g/mol. The van der Waals surface area contributed by atoms with Crippen molar-refractivity contribution in [2.45, 2.75) is 19.8 Å². The minimum atomic E-state index is -0.554. The zero-order valence-corrected chi connectivity index (χ0v) is 9.15. The van der Waals surface area contributed by atoms with Crippen LogP contribution in [0.4, 0.5) is 0 Å². The lowest BCUT2D eigenvalue weighted by Crippen LogP contribution is -1.97. The molecule has 72 valence electrons. The summed E-state index contributed by atoms with van der Waals surface area (Å²) >= 11 is 11.2. The molecule has 0 saturated carbocycles. The molecule has 0 aliphatic rings. The van der Waals surface area contributed by atoms with Gasteiger partial charge in [-0.05, 0) is 17.5 Å². The zero-order valence-electron chi connectivity index (χ0n) is 7.64. The second-order valence-electron chi connectivity index (χ2n) is 3.10. The molecule has 0 atom stereocenters. The van der Waals surface area contributed by atoms with Crippen molar-refractivity contribution in [3.8, 4) is 0 Å². The van der Waals surface area contributed by atoms with E-state index in [0.29, 0.717) is 16.4 Å². The van der Waals surface area contributed by atoms with Gasteiger partial charge in [-0.25, -0.2) is 0 Å². The van der Waals surface area contributed by atoms with Crippen LogP contribution in [0.1, 0.15) is 35.8 Å². The van der Waals surface area contributed by atoms with E-state index >= 15 is 0 Å². The van der Waals surface area contributed by atoms with Crippen molar-refractivity contribution >= 4 is 28.4 Å². The van der Waals surface area contributed by atoms with Gasteiger partial charge in [-0.15, -0.1) is 0 Å². The van der Waals surface area contributed by atoms with Crippen molar-refractivity contribution in [2.24, 2.45) is 7.05 Å². The third-order valence-electron chi connectivity index (χ3n) is 1.75. The first-order valence-corrected chi connectivity index (χ1v) is 4.63. The van der Waals surface area contributed by atoms with Crippen molar-refractivity contribution in [1.82, 2.24) is 9.78 Å². The fourth-order valence-electron chi connectivity index (χ4n) is 1.11. The normalized spacial score (nSPS) is 10.9. The number of aromatic nitrogens is 2. The molecule has 0 unspecified atom stereocenters. The third kappa shape index (κ3) is 1.86. The second-order valence-corrected chi connectivity index (χ2v) is 3.80. The molecule has 0 amide bonds. The van der Waals surface area contributed by atoms with Gasteiger partial charge >= 0.3 is 0 Å². The fourth-order valence-corrected chi connectivity index (χ4v) is 1.56. The van der Waals surface area contributed by atoms with Crippen molar-refractivity contribution in [2.75, 3.05) is 0 Å². The molecule has 1 aromatic rings. The maximum Gasteiger partial charge on any atom is 0.257 e. The molecule has 0 fully saturated rings. The SMILES string of the molecule is CC(C)c1nn(C)c(Cl)c1C(=O)Cl. The van der Waals surface area contributed by atoms with Gasteiger partial charge in [0.25, 0.3) is 5.24 Å². The predicted octanol–water partition coefficient (Wildman–Crippen LogP) is 2.58. The van der Waals surface area contributed by atoms with Crippen molar-refractivity contribution in [1.29, 1.82) is 0 Å². The molecule has 3 nitrogen and oxygen atoms in total. The molecular weight excluding hydrogens is 211 g/mol. The van der Waals surface area contributed by atoms with Crippen LogP contribution in [0.15, 0.2) is 0 Å². The van der Waals surface area contributed by atoms with Gasteiger partial charge in [0.15, 0.2) is 0 Å². The maximum atomic E-state index is 11.0. The molecule has 0 N–H and O–H groups in total. The molecule has 0 aromatic carbocycles. The second kappa shape index (κ2) is 3.68. The molecule has 0 saturated heterocycles. The summed E-state index contributed by atoms with van der Waals surface area (Å²) in [4.78, 5) is 11.0. The van der Waals surface area contributed by atoms with Crippen LogP contribution in [0, 0.1) is 0 Å². The minimum Gasteiger partial charge on any atom is -0.275 e. The number of hydrogen-bond acceptors (Lipinski definition) is 2. The summed E-state index contributed by atoms with van der Waals surface area (Å²) in [7, 11) is 1.68. The Balaban J connectivity index is 3.35. The van der Waals surface area contributed by atoms with Gasteiger partial charge in [-0.1, -0.05) is 25.4 Å². The summed E-state index contributed by atoms with van der Waals surface area (Å²) in [6, 6.07) is 0. The summed E-state index contributed by atoms with van der Waals surface area (Å²) in [5.74, 6) is 0.136. The van der Waals surface area contributed by atoms with E-state index in [0.717, 1.165) is 0 Å². The van der Waals surface area contributed by atoms with Crippen LogP contribution >= 0.6 is 23.2 Å². The Bertz CT molecular complexity index is 344. The smallest absolute Gasteiger partial charge is 0.257 e. The van der Waals surface area contributed by atoms with E-state index in [9.17, 15) is 4.79 Å². The van der Waals surface area contributed by atoms with Crippen molar-refractivity contribution in [3.05, 3.63) is 16.4 Å². The Morgan fingerprint density at radius 3 is 2.38 bits per heavy atom. The molecule has 0 spiro atoms. The zero-order chi connectivity index (χ0) is 10.2. The first kappa shape index (κ1) is 10.5. The molecule has 0 aliphatic heterocycles. The number of carbonyl (C=O) groups is 1. The number of nitrogens with zero attached hydrogens (tertiary/aromatic N) is 2. The summed E-state index contributed by atoms with van der Waals surface area (Å²) in [6.07, 6.45) is 0. The highest BCUT2D eigenvalue weighted by molar-refractivity contribution is 6.68. The van der Waals surface area contributed by atoms with E-state index in [1.54, 1.807) is 7.05 Å². The van der Waals surface area contributed by atoms with E-state index in [1.165, 1.54) is 4.68 Å². The first-order valence-electron chi connectivity index (χ1n) is 3.87. The van der Waals surface area contributed by atoms with Crippen molar-refractivity contribution < 1.29 is 4.79 Å². The number of hydrogen-bond donors (Lipinski definition) is 0. The van der Waals surface area contributed by atoms with E-state index in [1.807, 2.05) is 13.8 Å². The molecule has 13 heavy (non-hydrogen) atoms. The lowest BCUT2D eigenvalue weighted by atomic mass is 10.1. The Labute approximate surface area is 86.6 Å². The quantitative estimate of drug-likeness (QED) is 0.719. The Morgan fingerprint density at radius 1 is 1.54 bits per heavy atom. The molecular formula is C8H10Cl2N2O. The Morgan fingerprint density at radius 2 is 2.08 bits per heavy atom. The lowest BCUT2D eigenvalue weighted by molar-refractivity contribution is 0.108. The van der Waals surface area contributed by atoms with Crippen LogP contribution in [0.25, 0.3) is 0 Å². The van der Waals surface area contributed by atoms with Gasteiger partial charge in [-0.3, -0.25) is 9.48 Å². The molecule has 0 bridgehead atoms. The summed E-state index contributed by atoms with van der Waals surface area (Å²) in [6.45, 7) is 3.87. The molecule has 1 heterocycles. The number of aryl methyl sites for hydroxylation is 1. The number of halogens is 2. The first-order chi connectivity index (χ1) is 5.95. The summed E-state index contributed by atoms with van der Waals surface area (Å²) < 4.78 is 1.45. The largest absolute Gasteiger partial charge is 0.275 e. The maximum absolute atomic E-state index is 11.0. The fraction of sp³-hybridized carbons (Fsp3) is 0.500. The Kier molecular flexibility index (Phi) is 2.98.